The summed E-state index contributed by atoms with van der Waals surface area (Å²) in [6.45, 7) is 5.04. The molecule has 0 amide bonds. The van der Waals surface area contributed by atoms with Crippen LogP contribution in [-0.4, -0.2) is 49.7 Å². The van der Waals surface area contributed by atoms with E-state index in [0.717, 1.165) is 18.8 Å². The minimum Gasteiger partial charge on any atom is -0.383 e. The molecule has 0 radical (unpaired) electrons. The van der Waals surface area contributed by atoms with Crippen molar-refractivity contribution < 1.29 is 4.74 Å². The first kappa shape index (κ1) is 16.0. The normalized spacial score (nSPS) is 16.0. The Morgan fingerprint density at radius 1 is 1.57 bits per heavy atom. The van der Waals surface area contributed by atoms with Crippen LogP contribution in [0.1, 0.15) is 19.8 Å². The average molecular weight is 294 g/mol. The SMILES string of the molecule is CCNC(Cn1ncc(N(C)CCOC)cc1=O)C1CC1. The number of nitrogens with one attached hydrogen (secondary N) is 1. The van der Waals surface area contributed by atoms with E-state index in [2.05, 4.69) is 17.3 Å². The lowest BCUT2D eigenvalue weighted by atomic mass is 10.2. The average Bonchev–Trinajstić information content (AvgIpc) is 3.30. The molecule has 1 fully saturated rings. The van der Waals surface area contributed by atoms with Crippen LogP contribution in [0, 0.1) is 5.92 Å². The van der Waals surface area contributed by atoms with Gasteiger partial charge in [0.1, 0.15) is 0 Å². The molecule has 1 aromatic heterocycles. The Balaban J connectivity index is 2.02. The van der Waals surface area contributed by atoms with Gasteiger partial charge >= 0.3 is 0 Å². The van der Waals surface area contributed by atoms with Crippen molar-refractivity contribution in [1.82, 2.24) is 15.1 Å². The van der Waals surface area contributed by atoms with Gasteiger partial charge in [0.25, 0.3) is 5.56 Å². The number of ether oxygens (including phenoxy) is 1. The Hall–Kier alpha value is -1.40. The number of hydrogen-bond donors (Lipinski definition) is 1. The smallest absolute Gasteiger partial charge is 0.268 e. The topological polar surface area (TPSA) is 59.4 Å². The largest absolute Gasteiger partial charge is 0.383 e. The van der Waals surface area contributed by atoms with Gasteiger partial charge in [-0.15, -0.1) is 0 Å². The van der Waals surface area contributed by atoms with Gasteiger partial charge in [0, 0.05) is 32.8 Å². The summed E-state index contributed by atoms with van der Waals surface area (Å²) >= 11 is 0. The summed E-state index contributed by atoms with van der Waals surface area (Å²) in [5.74, 6) is 0.697. The second-order valence-electron chi connectivity index (χ2n) is 5.65. The Morgan fingerprint density at radius 2 is 2.33 bits per heavy atom. The van der Waals surface area contributed by atoms with Crippen LogP contribution >= 0.6 is 0 Å². The van der Waals surface area contributed by atoms with Crippen molar-refractivity contribution in [3.8, 4) is 0 Å². The Bertz CT molecular complexity index is 499. The zero-order valence-electron chi connectivity index (χ0n) is 13.2. The van der Waals surface area contributed by atoms with Gasteiger partial charge in [-0.25, -0.2) is 4.68 Å². The fourth-order valence-electron chi connectivity index (χ4n) is 2.45. The van der Waals surface area contributed by atoms with Crippen LogP contribution in [0.15, 0.2) is 17.1 Å². The van der Waals surface area contributed by atoms with Crippen molar-refractivity contribution in [1.29, 1.82) is 0 Å². The molecule has 6 heteroatoms. The summed E-state index contributed by atoms with van der Waals surface area (Å²) < 4.78 is 6.62. The van der Waals surface area contributed by atoms with E-state index < -0.39 is 0 Å². The first-order valence-electron chi connectivity index (χ1n) is 7.66. The van der Waals surface area contributed by atoms with E-state index in [1.165, 1.54) is 12.8 Å². The molecule has 1 aliphatic rings. The third-order valence-corrected chi connectivity index (χ3v) is 3.95. The molecular formula is C15H26N4O2. The zero-order valence-corrected chi connectivity index (χ0v) is 13.2. The Labute approximate surface area is 126 Å². The summed E-state index contributed by atoms with van der Waals surface area (Å²) in [5.41, 5.74) is 0.792. The van der Waals surface area contributed by atoms with Crippen molar-refractivity contribution in [3.05, 3.63) is 22.6 Å². The van der Waals surface area contributed by atoms with E-state index in [9.17, 15) is 4.79 Å². The van der Waals surface area contributed by atoms with Gasteiger partial charge in [-0.3, -0.25) is 4.79 Å². The summed E-state index contributed by atoms with van der Waals surface area (Å²) in [7, 11) is 3.61. The van der Waals surface area contributed by atoms with Gasteiger partial charge < -0.3 is 15.0 Å². The first-order chi connectivity index (χ1) is 10.2. The minimum atomic E-state index is -0.0414. The Morgan fingerprint density at radius 3 is 2.90 bits per heavy atom. The monoisotopic (exact) mass is 294 g/mol. The molecular weight excluding hydrogens is 268 g/mol. The molecule has 1 atom stereocenters. The van der Waals surface area contributed by atoms with Crippen molar-refractivity contribution in [2.24, 2.45) is 5.92 Å². The number of anilines is 1. The standard InChI is InChI=1S/C15H26N4O2/c1-4-16-14(12-5-6-12)11-19-15(20)9-13(10-17-19)18(2)7-8-21-3/h9-10,12,14,16H,4-8,11H2,1-3H3. The molecule has 0 saturated heterocycles. The van der Waals surface area contributed by atoms with E-state index >= 15 is 0 Å². The van der Waals surface area contributed by atoms with Gasteiger partial charge in [-0.05, 0) is 25.3 Å². The van der Waals surface area contributed by atoms with Crippen LogP contribution in [0.3, 0.4) is 0 Å². The number of hydrogen-bond acceptors (Lipinski definition) is 5. The lowest BCUT2D eigenvalue weighted by Crippen LogP contribution is -2.39. The molecule has 2 rings (SSSR count). The van der Waals surface area contributed by atoms with Gasteiger partial charge in [0.2, 0.25) is 0 Å². The molecule has 1 saturated carbocycles. The quantitative estimate of drug-likeness (QED) is 0.727. The summed E-state index contributed by atoms with van der Waals surface area (Å²) in [5, 5.41) is 7.78. The second kappa shape index (κ2) is 7.56. The van der Waals surface area contributed by atoms with Crippen molar-refractivity contribution in [2.45, 2.75) is 32.4 Å². The summed E-state index contributed by atoms with van der Waals surface area (Å²) in [4.78, 5) is 14.2. The molecule has 1 aromatic rings. The Kier molecular flexibility index (Phi) is 5.76. The molecule has 1 N–H and O–H groups in total. The highest BCUT2D eigenvalue weighted by atomic mass is 16.5. The third-order valence-electron chi connectivity index (χ3n) is 3.95. The highest BCUT2D eigenvalue weighted by molar-refractivity contribution is 5.41. The third kappa shape index (κ3) is 4.54. The second-order valence-corrected chi connectivity index (χ2v) is 5.65. The predicted octanol–water partition coefficient (Wildman–Crippen LogP) is 0.714. The number of likely N-dealkylation sites (N-methyl/N-ethyl adjacent to an activating group) is 2. The number of rotatable bonds is 9. The highest BCUT2D eigenvalue weighted by Gasteiger charge is 2.31. The predicted molar refractivity (Wildman–Crippen MR) is 83.8 cm³/mol. The molecule has 0 aliphatic heterocycles. The lowest BCUT2D eigenvalue weighted by molar-refractivity contribution is 0.206. The number of nitrogens with zero attached hydrogens (tertiary/aromatic N) is 3. The van der Waals surface area contributed by atoms with Crippen LogP contribution in [0.5, 0.6) is 0 Å². The fourth-order valence-corrected chi connectivity index (χ4v) is 2.45. The van der Waals surface area contributed by atoms with Gasteiger partial charge in [0.05, 0.1) is 25.0 Å². The van der Waals surface area contributed by atoms with E-state index in [1.807, 2.05) is 11.9 Å². The van der Waals surface area contributed by atoms with E-state index in [-0.39, 0.29) is 5.56 Å². The maximum absolute atomic E-state index is 12.2. The van der Waals surface area contributed by atoms with E-state index in [1.54, 1.807) is 24.1 Å². The van der Waals surface area contributed by atoms with E-state index in [4.69, 9.17) is 4.74 Å². The first-order valence-corrected chi connectivity index (χ1v) is 7.66. The van der Waals surface area contributed by atoms with Crippen LogP contribution in [0.2, 0.25) is 0 Å². The number of methoxy groups -OCH3 is 1. The van der Waals surface area contributed by atoms with E-state index in [0.29, 0.717) is 25.1 Å². The minimum absolute atomic E-state index is 0.0414. The summed E-state index contributed by atoms with van der Waals surface area (Å²) in [6, 6.07) is 2.01. The molecule has 1 heterocycles. The molecule has 0 spiro atoms. The van der Waals surface area contributed by atoms with Gasteiger partial charge in [0.15, 0.2) is 0 Å². The van der Waals surface area contributed by atoms with Crippen molar-refractivity contribution >= 4 is 5.69 Å². The van der Waals surface area contributed by atoms with Crippen LogP contribution in [0.4, 0.5) is 5.69 Å². The number of aromatic nitrogens is 2. The lowest BCUT2D eigenvalue weighted by Gasteiger charge is -2.20. The maximum Gasteiger partial charge on any atom is 0.268 e. The molecule has 0 aromatic carbocycles. The zero-order chi connectivity index (χ0) is 15.2. The van der Waals surface area contributed by atoms with Crippen LogP contribution in [0.25, 0.3) is 0 Å². The van der Waals surface area contributed by atoms with Gasteiger partial charge in [-0.1, -0.05) is 6.92 Å². The maximum atomic E-state index is 12.2. The van der Waals surface area contributed by atoms with Gasteiger partial charge in [-0.2, -0.15) is 5.10 Å². The van der Waals surface area contributed by atoms with Crippen LogP contribution < -0.4 is 15.8 Å². The molecule has 1 unspecified atom stereocenters. The summed E-state index contributed by atoms with van der Waals surface area (Å²) in [6.07, 6.45) is 4.27. The fraction of sp³-hybridized carbons (Fsp3) is 0.733. The molecule has 21 heavy (non-hydrogen) atoms. The molecule has 118 valence electrons. The van der Waals surface area contributed by atoms with Crippen molar-refractivity contribution in [2.75, 3.05) is 38.8 Å². The molecule has 6 nitrogen and oxygen atoms in total. The molecule has 0 bridgehead atoms. The van der Waals surface area contributed by atoms with Crippen molar-refractivity contribution in [3.63, 3.8) is 0 Å². The molecule has 1 aliphatic carbocycles. The highest BCUT2D eigenvalue weighted by Crippen LogP contribution is 2.33. The van der Waals surface area contributed by atoms with Crippen LogP contribution in [-0.2, 0) is 11.3 Å².